The van der Waals surface area contributed by atoms with Gasteiger partial charge in [-0.25, -0.2) is 0 Å². The summed E-state index contributed by atoms with van der Waals surface area (Å²) in [5, 5.41) is 3.12. The van der Waals surface area contributed by atoms with E-state index in [1.807, 2.05) is 30.3 Å². The topological polar surface area (TPSA) is 58.4 Å². The van der Waals surface area contributed by atoms with Crippen LogP contribution < -0.4 is 11.1 Å². The van der Waals surface area contributed by atoms with E-state index in [0.29, 0.717) is 0 Å². The molecule has 21 heavy (non-hydrogen) atoms. The van der Waals surface area contributed by atoms with Crippen LogP contribution >= 0.6 is 0 Å². The lowest BCUT2D eigenvalue weighted by molar-refractivity contribution is -0.123. The van der Waals surface area contributed by atoms with E-state index < -0.39 is 6.04 Å². The molecule has 1 unspecified atom stereocenters. The van der Waals surface area contributed by atoms with Crippen molar-refractivity contribution in [1.29, 1.82) is 0 Å². The standard InChI is InChI=1S/C17H25N3O/c18-16(14-4-2-1-3-5-14)17(21)19-15-8-10-20(11-9-15)12-13-6-7-13/h1-5,13,15-16H,6-12,18H2,(H,19,21). The van der Waals surface area contributed by atoms with Gasteiger partial charge in [0.25, 0.3) is 0 Å². The van der Waals surface area contributed by atoms with Crippen LogP contribution in [0.2, 0.25) is 0 Å². The van der Waals surface area contributed by atoms with Gasteiger partial charge in [-0.15, -0.1) is 0 Å². The summed E-state index contributed by atoms with van der Waals surface area (Å²) < 4.78 is 0. The van der Waals surface area contributed by atoms with E-state index in [1.54, 1.807) is 0 Å². The van der Waals surface area contributed by atoms with E-state index in [1.165, 1.54) is 19.4 Å². The predicted octanol–water partition coefficient (Wildman–Crippen LogP) is 1.68. The fourth-order valence-corrected chi connectivity index (χ4v) is 3.03. The van der Waals surface area contributed by atoms with Gasteiger partial charge in [-0.2, -0.15) is 0 Å². The smallest absolute Gasteiger partial charge is 0.241 e. The molecule has 0 spiro atoms. The minimum absolute atomic E-state index is 0.0538. The fraction of sp³-hybridized carbons (Fsp3) is 0.588. The molecule has 1 aliphatic heterocycles. The number of amides is 1. The van der Waals surface area contributed by atoms with Crippen LogP contribution in [0.3, 0.4) is 0 Å². The monoisotopic (exact) mass is 287 g/mol. The van der Waals surface area contributed by atoms with Gasteiger partial charge >= 0.3 is 0 Å². The minimum atomic E-state index is -0.560. The lowest BCUT2D eigenvalue weighted by Crippen LogP contribution is -2.47. The quantitative estimate of drug-likeness (QED) is 0.866. The van der Waals surface area contributed by atoms with Gasteiger partial charge in [0.2, 0.25) is 5.91 Å². The van der Waals surface area contributed by atoms with Crippen LogP contribution in [0.25, 0.3) is 0 Å². The Bertz CT molecular complexity index is 464. The average Bonchev–Trinajstić information content (AvgIpc) is 3.33. The molecule has 1 atom stereocenters. The van der Waals surface area contributed by atoms with Crippen LogP contribution in [0.15, 0.2) is 30.3 Å². The van der Waals surface area contributed by atoms with Gasteiger partial charge in [0.1, 0.15) is 6.04 Å². The molecule has 4 nitrogen and oxygen atoms in total. The van der Waals surface area contributed by atoms with Gasteiger partial charge in [-0.05, 0) is 37.2 Å². The molecule has 3 rings (SSSR count). The highest BCUT2D eigenvalue weighted by Crippen LogP contribution is 2.30. The van der Waals surface area contributed by atoms with Gasteiger partial charge in [0, 0.05) is 25.7 Å². The molecule has 0 radical (unpaired) electrons. The van der Waals surface area contributed by atoms with E-state index in [2.05, 4.69) is 10.2 Å². The Kier molecular flexibility index (Phi) is 4.56. The number of nitrogens with one attached hydrogen (secondary N) is 1. The van der Waals surface area contributed by atoms with Crippen molar-refractivity contribution >= 4 is 5.91 Å². The van der Waals surface area contributed by atoms with Crippen molar-refractivity contribution in [2.75, 3.05) is 19.6 Å². The molecule has 1 aliphatic carbocycles. The number of piperidine rings is 1. The molecule has 1 heterocycles. The first-order chi connectivity index (χ1) is 10.2. The Morgan fingerprint density at radius 3 is 2.48 bits per heavy atom. The van der Waals surface area contributed by atoms with Crippen LogP contribution in [-0.4, -0.2) is 36.5 Å². The van der Waals surface area contributed by atoms with Crippen molar-refractivity contribution in [3.05, 3.63) is 35.9 Å². The highest BCUT2D eigenvalue weighted by molar-refractivity contribution is 5.83. The number of benzene rings is 1. The van der Waals surface area contributed by atoms with Crippen LogP contribution in [0.5, 0.6) is 0 Å². The highest BCUT2D eigenvalue weighted by atomic mass is 16.2. The summed E-state index contributed by atoms with van der Waals surface area (Å²) in [5.41, 5.74) is 6.91. The second-order valence-corrected chi connectivity index (χ2v) is 6.42. The normalized spacial score (nSPS) is 22.0. The number of likely N-dealkylation sites (tertiary alicyclic amines) is 1. The molecule has 4 heteroatoms. The first-order valence-electron chi connectivity index (χ1n) is 8.05. The van der Waals surface area contributed by atoms with Gasteiger partial charge < -0.3 is 16.0 Å². The van der Waals surface area contributed by atoms with Crippen molar-refractivity contribution in [2.45, 2.75) is 37.8 Å². The Hall–Kier alpha value is -1.39. The number of hydrogen-bond acceptors (Lipinski definition) is 3. The largest absolute Gasteiger partial charge is 0.352 e. The molecule has 0 bridgehead atoms. The molecule has 1 amide bonds. The van der Waals surface area contributed by atoms with E-state index in [4.69, 9.17) is 5.73 Å². The number of carbonyl (C=O) groups excluding carboxylic acids is 1. The van der Waals surface area contributed by atoms with Crippen molar-refractivity contribution in [2.24, 2.45) is 11.7 Å². The number of carbonyl (C=O) groups is 1. The van der Waals surface area contributed by atoms with E-state index in [-0.39, 0.29) is 11.9 Å². The first-order valence-corrected chi connectivity index (χ1v) is 8.05. The zero-order chi connectivity index (χ0) is 14.7. The molecule has 1 aromatic rings. The molecule has 1 saturated carbocycles. The van der Waals surface area contributed by atoms with E-state index in [9.17, 15) is 4.79 Å². The lowest BCUT2D eigenvalue weighted by Gasteiger charge is -2.32. The predicted molar refractivity (Wildman–Crippen MR) is 83.7 cm³/mol. The summed E-state index contributed by atoms with van der Waals surface area (Å²) >= 11 is 0. The van der Waals surface area contributed by atoms with Crippen LogP contribution in [0, 0.1) is 5.92 Å². The third-order valence-corrected chi connectivity index (χ3v) is 4.59. The zero-order valence-corrected chi connectivity index (χ0v) is 12.5. The Morgan fingerprint density at radius 1 is 1.19 bits per heavy atom. The number of hydrogen-bond donors (Lipinski definition) is 2. The molecular weight excluding hydrogens is 262 g/mol. The summed E-state index contributed by atoms with van der Waals surface area (Å²) in [5.74, 6) is 0.893. The van der Waals surface area contributed by atoms with Crippen molar-refractivity contribution in [3.8, 4) is 0 Å². The number of nitrogens with two attached hydrogens (primary N) is 1. The van der Waals surface area contributed by atoms with Crippen LogP contribution in [0.4, 0.5) is 0 Å². The maximum atomic E-state index is 12.2. The molecule has 114 valence electrons. The van der Waals surface area contributed by atoms with Crippen LogP contribution in [-0.2, 0) is 4.79 Å². The minimum Gasteiger partial charge on any atom is -0.352 e. The first kappa shape index (κ1) is 14.5. The maximum Gasteiger partial charge on any atom is 0.241 e. The van der Waals surface area contributed by atoms with Gasteiger partial charge in [-0.1, -0.05) is 30.3 Å². The summed E-state index contributed by atoms with van der Waals surface area (Å²) in [6, 6.07) is 9.30. The Balaban J connectivity index is 1.45. The summed E-state index contributed by atoms with van der Waals surface area (Å²) in [6.45, 7) is 3.45. The third-order valence-electron chi connectivity index (χ3n) is 4.59. The molecule has 3 N–H and O–H groups in total. The molecule has 2 fully saturated rings. The summed E-state index contributed by atoms with van der Waals surface area (Å²) in [6.07, 6.45) is 4.89. The fourth-order valence-electron chi connectivity index (χ4n) is 3.03. The summed E-state index contributed by atoms with van der Waals surface area (Å²) in [7, 11) is 0. The van der Waals surface area contributed by atoms with Crippen molar-refractivity contribution in [1.82, 2.24) is 10.2 Å². The molecule has 1 aromatic carbocycles. The lowest BCUT2D eigenvalue weighted by atomic mass is 10.0. The molecule has 2 aliphatic rings. The third kappa shape index (κ3) is 4.05. The molecule has 1 saturated heterocycles. The van der Waals surface area contributed by atoms with E-state index in [0.717, 1.165) is 37.4 Å². The molecular formula is C17H25N3O. The van der Waals surface area contributed by atoms with Crippen molar-refractivity contribution < 1.29 is 4.79 Å². The highest BCUT2D eigenvalue weighted by Gasteiger charge is 2.28. The Labute approximate surface area is 126 Å². The van der Waals surface area contributed by atoms with E-state index >= 15 is 0 Å². The van der Waals surface area contributed by atoms with Crippen molar-refractivity contribution in [3.63, 3.8) is 0 Å². The zero-order valence-electron chi connectivity index (χ0n) is 12.5. The van der Waals surface area contributed by atoms with Gasteiger partial charge in [-0.3, -0.25) is 4.79 Å². The number of nitrogens with zero attached hydrogens (tertiary/aromatic N) is 1. The van der Waals surface area contributed by atoms with Gasteiger partial charge in [0.05, 0.1) is 0 Å². The second-order valence-electron chi connectivity index (χ2n) is 6.42. The SMILES string of the molecule is NC(C(=O)NC1CCN(CC2CC2)CC1)c1ccccc1. The maximum absolute atomic E-state index is 12.2. The number of rotatable bonds is 5. The van der Waals surface area contributed by atoms with Gasteiger partial charge in [0.15, 0.2) is 0 Å². The molecule has 0 aromatic heterocycles. The average molecular weight is 287 g/mol. The second kappa shape index (κ2) is 6.58. The van der Waals surface area contributed by atoms with Crippen LogP contribution in [0.1, 0.15) is 37.3 Å². The summed E-state index contributed by atoms with van der Waals surface area (Å²) in [4.78, 5) is 14.8. The Morgan fingerprint density at radius 2 is 1.86 bits per heavy atom.